The number of nitrogens with one attached hydrogen (secondary N) is 1. The van der Waals surface area contributed by atoms with Crippen molar-refractivity contribution in [1.82, 2.24) is 14.8 Å². The van der Waals surface area contributed by atoms with Gasteiger partial charge in [-0.25, -0.2) is 9.78 Å². The summed E-state index contributed by atoms with van der Waals surface area (Å²) in [5.74, 6) is -0.724. The standard InChI is InChI=1S/C23H20N4O3S/c1-27-13-17(12-24-27)22-25-18(15-31-22)14-30-23(29)19-9-5-6-10-20(19)26-21(28)11-16-7-3-2-4-8-16/h2-10,12-13,15H,11,14H2,1H3,(H,26,28). The van der Waals surface area contributed by atoms with Crippen LogP contribution in [0.4, 0.5) is 5.69 Å². The van der Waals surface area contributed by atoms with E-state index in [1.165, 1.54) is 11.3 Å². The number of aromatic nitrogens is 3. The van der Waals surface area contributed by atoms with Gasteiger partial charge in [-0.15, -0.1) is 11.3 Å². The zero-order valence-corrected chi connectivity index (χ0v) is 17.6. The van der Waals surface area contributed by atoms with E-state index in [9.17, 15) is 9.59 Å². The number of carbonyl (C=O) groups excluding carboxylic acids is 2. The van der Waals surface area contributed by atoms with E-state index in [-0.39, 0.29) is 18.9 Å². The highest BCUT2D eigenvalue weighted by Crippen LogP contribution is 2.24. The lowest BCUT2D eigenvalue weighted by atomic mass is 10.1. The number of benzene rings is 2. The molecule has 1 N–H and O–H groups in total. The summed E-state index contributed by atoms with van der Waals surface area (Å²) in [6.45, 7) is 0.0435. The van der Waals surface area contributed by atoms with Crippen molar-refractivity contribution in [2.75, 3.05) is 5.32 Å². The molecule has 0 saturated heterocycles. The number of amides is 1. The maximum atomic E-state index is 12.6. The fourth-order valence-electron chi connectivity index (χ4n) is 3.00. The molecule has 0 saturated carbocycles. The Morgan fingerprint density at radius 1 is 1.10 bits per heavy atom. The monoisotopic (exact) mass is 432 g/mol. The molecule has 31 heavy (non-hydrogen) atoms. The third-order valence-electron chi connectivity index (χ3n) is 4.48. The molecule has 156 valence electrons. The summed E-state index contributed by atoms with van der Waals surface area (Å²) in [5.41, 5.74) is 3.18. The second-order valence-corrected chi connectivity index (χ2v) is 7.74. The first kappa shape index (κ1) is 20.5. The Labute approximate surface area is 183 Å². The number of carbonyl (C=O) groups is 2. The third kappa shape index (κ3) is 5.23. The smallest absolute Gasteiger partial charge is 0.340 e. The lowest BCUT2D eigenvalue weighted by Gasteiger charge is -2.10. The Bertz CT molecular complexity index is 1200. The largest absolute Gasteiger partial charge is 0.455 e. The van der Waals surface area contributed by atoms with E-state index in [0.717, 1.165) is 16.1 Å². The van der Waals surface area contributed by atoms with Crippen LogP contribution >= 0.6 is 11.3 Å². The van der Waals surface area contributed by atoms with Crippen molar-refractivity contribution in [3.8, 4) is 10.6 Å². The van der Waals surface area contributed by atoms with E-state index in [4.69, 9.17) is 4.74 Å². The van der Waals surface area contributed by atoms with Crippen LogP contribution in [0.5, 0.6) is 0 Å². The zero-order chi connectivity index (χ0) is 21.6. The maximum Gasteiger partial charge on any atom is 0.340 e. The van der Waals surface area contributed by atoms with Crippen LogP contribution in [0.2, 0.25) is 0 Å². The molecule has 0 bridgehead atoms. The van der Waals surface area contributed by atoms with Crippen LogP contribution in [0.15, 0.2) is 72.4 Å². The molecule has 1 amide bonds. The number of ether oxygens (including phenoxy) is 1. The summed E-state index contributed by atoms with van der Waals surface area (Å²) in [5, 5.41) is 9.61. The van der Waals surface area contributed by atoms with Crippen molar-refractivity contribution < 1.29 is 14.3 Å². The van der Waals surface area contributed by atoms with Crippen molar-refractivity contribution in [3.05, 3.63) is 89.2 Å². The fraction of sp³-hybridized carbons (Fsp3) is 0.130. The summed E-state index contributed by atoms with van der Waals surface area (Å²) in [7, 11) is 1.84. The summed E-state index contributed by atoms with van der Waals surface area (Å²) in [6, 6.07) is 16.2. The predicted octanol–water partition coefficient (Wildman–Crippen LogP) is 4.08. The Morgan fingerprint density at radius 2 is 1.87 bits per heavy atom. The first-order chi connectivity index (χ1) is 15.1. The van der Waals surface area contributed by atoms with E-state index >= 15 is 0 Å². The van der Waals surface area contributed by atoms with E-state index < -0.39 is 5.97 Å². The van der Waals surface area contributed by atoms with Crippen LogP contribution in [0.25, 0.3) is 10.6 Å². The Morgan fingerprint density at radius 3 is 2.65 bits per heavy atom. The molecule has 0 aliphatic rings. The highest BCUT2D eigenvalue weighted by Gasteiger charge is 2.16. The normalized spacial score (nSPS) is 10.6. The van der Waals surface area contributed by atoms with E-state index in [1.54, 1.807) is 35.1 Å². The van der Waals surface area contributed by atoms with Crippen molar-refractivity contribution in [3.63, 3.8) is 0 Å². The molecule has 2 heterocycles. The van der Waals surface area contributed by atoms with Gasteiger partial charge in [0.2, 0.25) is 5.91 Å². The number of thiazole rings is 1. The second-order valence-electron chi connectivity index (χ2n) is 6.88. The van der Waals surface area contributed by atoms with Gasteiger partial charge in [-0.3, -0.25) is 9.48 Å². The minimum absolute atomic E-state index is 0.0435. The molecule has 0 aliphatic heterocycles. The number of para-hydroxylation sites is 1. The molecule has 4 rings (SSSR count). The van der Waals surface area contributed by atoms with Crippen molar-refractivity contribution in [2.45, 2.75) is 13.0 Å². The number of nitrogens with zero attached hydrogens (tertiary/aromatic N) is 3. The molecule has 4 aromatic rings. The number of hydrogen-bond acceptors (Lipinski definition) is 6. The summed E-state index contributed by atoms with van der Waals surface area (Å²) < 4.78 is 7.15. The summed E-state index contributed by atoms with van der Waals surface area (Å²) in [6.07, 6.45) is 3.84. The first-order valence-corrected chi connectivity index (χ1v) is 10.5. The Hall–Kier alpha value is -3.78. The highest BCUT2D eigenvalue weighted by atomic mass is 32.1. The predicted molar refractivity (Wildman–Crippen MR) is 119 cm³/mol. The van der Waals surface area contributed by atoms with Crippen molar-refractivity contribution >= 4 is 28.9 Å². The minimum atomic E-state index is -0.522. The molecule has 0 unspecified atom stereocenters. The zero-order valence-electron chi connectivity index (χ0n) is 16.8. The van der Waals surface area contributed by atoms with E-state index in [1.807, 2.05) is 49.0 Å². The molecule has 2 aromatic carbocycles. The highest BCUT2D eigenvalue weighted by molar-refractivity contribution is 7.13. The fourth-order valence-corrected chi connectivity index (χ4v) is 3.78. The van der Waals surface area contributed by atoms with Gasteiger partial charge in [-0.1, -0.05) is 42.5 Å². The topological polar surface area (TPSA) is 86.1 Å². The molecular weight excluding hydrogens is 412 g/mol. The van der Waals surface area contributed by atoms with Gasteiger partial charge in [0.05, 0.1) is 29.6 Å². The van der Waals surface area contributed by atoms with Gasteiger partial charge in [0.1, 0.15) is 11.6 Å². The average molecular weight is 433 g/mol. The molecule has 0 fully saturated rings. The van der Waals surface area contributed by atoms with Gasteiger partial charge in [-0.05, 0) is 17.7 Å². The van der Waals surface area contributed by atoms with Crippen LogP contribution in [-0.2, 0) is 29.6 Å². The van der Waals surface area contributed by atoms with E-state index in [0.29, 0.717) is 16.9 Å². The van der Waals surface area contributed by atoms with Gasteiger partial charge in [0.15, 0.2) is 0 Å². The number of anilines is 1. The molecule has 0 atom stereocenters. The van der Waals surface area contributed by atoms with Crippen LogP contribution in [0.1, 0.15) is 21.6 Å². The number of hydrogen-bond donors (Lipinski definition) is 1. The lowest BCUT2D eigenvalue weighted by molar-refractivity contribution is -0.115. The van der Waals surface area contributed by atoms with Crippen LogP contribution < -0.4 is 5.32 Å². The molecule has 8 heteroatoms. The van der Waals surface area contributed by atoms with Crippen LogP contribution in [0.3, 0.4) is 0 Å². The Kier molecular flexibility index (Phi) is 6.18. The molecule has 0 spiro atoms. The first-order valence-electron chi connectivity index (χ1n) is 9.62. The van der Waals surface area contributed by atoms with Crippen molar-refractivity contribution in [2.24, 2.45) is 7.05 Å². The van der Waals surface area contributed by atoms with E-state index in [2.05, 4.69) is 15.4 Å². The van der Waals surface area contributed by atoms with Gasteiger partial charge in [0, 0.05) is 24.2 Å². The van der Waals surface area contributed by atoms with Crippen LogP contribution in [-0.4, -0.2) is 26.6 Å². The number of aryl methyl sites for hydroxylation is 1. The maximum absolute atomic E-state index is 12.6. The second kappa shape index (κ2) is 9.36. The lowest BCUT2D eigenvalue weighted by Crippen LogP contribution is -2.17. The molecular formula is C23H20N4O3S. The quantitative estimate of drug-likeness (QED) is 0.445. The van der Waals surface area contributed by atoms with Gasteiger partial charge in [0.25, 0.3) is 0 Å². The number of rotatable bonds is 7. The van der Waals surface area contributed by atoms with Crippen LogP contribution in [0, 0.1) is 0 Å². The molecule has 7 nitrogen and oxygen atoms in total. The van der Waals surface area contributed by atoms with Gasteiger partial charge in [-0.2, -0.15) is 5.10 Å². The minimum Gasteiger partial charge on any atom is -0.455 e. The van der Waals surface area contributed by atoms with Crippen molar-refractivity contribution in [1.29, 1.82) is 0 Å². The third-order valence-corrected chi connectivity index (χ3v) is 5.42. The Balaban J connectivity index is 1.39. The number of esters is 1. The summed E-state index contributed by atoms with van der Waals surface area (Å²) >= 11 is 1.46. The molecule has 0 aliphatic carbocycles. The summed E-state index contributed by atoms with van der Waals surface area (Å²) in [4.78, 5) is 29.5. The average Bonchev–Trinajstić information content (AvgIpc) is 3.42. The SMILES string of the molecule is Cn1cc(-c2nc(COC(=O)c3ccccc3NC(=O)Cc3ccccc3)cs2)cn1. The van der Waals surface area contributed by atoms with Gasteiger partial charge < -0.3 is 10.1 Å². The molecule has 2 aromatic heterocycles. The molecule has 0 radical (unpaired) electrons. The van der Waals surface area contributed by atoms with Gasteiger partial charge >= 0.3 is 5.97 Å².